The van der Waals surface area contributed by atoms with Gasteiger partial charge in [-0.2, -0.15) is 0 Å². The van der Waals surface area contributed by atoms with Crippen LogP contribution in [0.4, 0.5) is 0 Å². The van der Waals surface area contributed by atoms with E-state index in [2.05, 4.69) is 10.3 Å². The Bertz CT molecular complexity index is 441. The molecule has 4 nitrogen and oxygen atoms in total. The number of nitrogens with two attached hydrogens (primary N) is 1. The molecule has 19 heavy (non-hydrogen) atoms. The predicted octanol–water partition coefficient (Wildman–Crippen LogP) is 2.73. The molecule has 0 saturated heterocycles. The molecule has 0 fully saturated rings. The quantitative estimate of drug-likeness (QED) is 0.660. The molecule has 106 valence electrons. The van der Waals surface area contributed by atoms with Crippen molar-refractivity contribution in [3.05, 3.63) is 34.9 Å². The summed E-state index contributed by atoms with van der Waals surface area (Å²) in [6.45, 7) is 6.50. The number of hydrogen-bond acceptors (Lipinski definition) is 2. The molecule has 0 heterocycles. The summed E-state index contributed by atoms with van der Waals surface area (Å²) < 4.78 is 5.42. The van der Waals surface area contributed by atoms with E-state index in [1.54, 1.807) is 7.11 Å². The van der Waals surface area contributed by atoms with Crippen LogP contribution in [0.3, 0.4) is 0 Å². The summed E-state index contributed by atoms with van der Waals surface area (Å²) in [6.07, 6.45) is -0.200. The first kappa shape index (κ1) is 15.8. The van der Waals surface area contributed by atoms with Gasteiger partial charge in [-0.25, -0.2) is 0 Å². The number of ether oxygens (including phenoxy) is 1. The van der Waals surface area contributed by atoms with Crippen molar-refractivity contribution in [2.24, 2.45) is 10.7 Å². The third-order valence-electron chi connectivity index (χ3n) is 2.47. The Morgan fingerprint density at radius 2 is 2.05 bits per heavy atom. The zero-order valence-corrected chi connectivity index (χ0v) is 12.7. The Balaban J connectivity index is 2.74. The molecular formula is C14H22ClN3O. The molecule has 1 atom stereocenters. The number of rotatable bonds is 4. The first-order valence-corrected chi connectivity index (χ1v) is 6.56. The maximum absolute atomic E-state index is 6.14. The SMILES string of the molecule is COC(CN=C(N)NC(C)(C)C)c1ccccc1Cl. The first-order chi connectivity index (χ1) is 8.83. The maximum atomic E-state index is 6.14. The smallest absolute Gasteiger partial charge is 0.189 e. The zero-order chi connectivity index (χ0) is 14.5. The summed E-state index contributed by atoms with van der Waals surface area (Å²) in [7, 11) is 1.64. The minimum Gasteiger partial charge on any atom is -0.375 e. The van der Waals surface area contributed by atoms with Gasteiger partial charge in [-0.3, -0.25) is 4.99 Å². The van der Waals surface area contributed by atoms with Crippen molar-refractivity contribution < 1.29 is 4.74 Å². The molecule has 0 aliphatic rings. The molecule has 3 N–H and O–H groups in total. The van der Waals surface area contributed by atoms with Gasteiger partial charge in [0.05, 0.1) is 6.54 Å². The average molecular weight is 284 g/mol. The molecule has 0 aromatic heterocycles. The molecular weight excluding hydrogens is 262 g/mol. The molecule has 1 aromatic rings. The Labute approximate surface area is 120 Å². The molecule has 0 radical (unpaired) electrons. The van der Waals surface area contributed by atoms with Crippen molar-refractivity contribution in [1.29, 1.82) is 0 Å². The van der Waals surface area contributed by atoms with Crippen molar-refractivity contribution >= 4 is 17.6 Å². The Hall–Kier alpha value is -1.26. The lowest BCUT2D eigenvalue weighted by atomic mass is 10.1. The largest absolute Gasteiger partial charge is 0.375 e. The van der Waals surface area contributed by atoms with E-state index in [1.807, 2.05) is 45.0 Å². The lowest BCUT2D eigenvalue weighted by Crippen LogP contribution is -2.45. The van der Waals surface area contributed by atoms with Crippen molar-refractivity contribution in [3.8, 4) is 0 Å². The van der Waals surface area contributed by atoms with E-state index in [0.717, 1.165) is 5.56 Å². The molecule has 5 heteroatoms. The highest BCUT2D eigenvalue weighted by Gasteiger charge is 2.14. The van der Waals surface area contributed by atoms with Gasteiger partial charge in [-0.15, -0.1) is 0 Å². The first-order valence-electron chi connectivity index (χ1n) is 6.19. The fourth-order valence-corrected chi connectivity index (χ4v) is 1.90. The second kappa shape index (κ2) is 6.78. The Morgan fingerprint density at radius 3 is 2.58 bits per heavy atom. The van der Waals surface area contributed by atoms with Gasteiger partial charge in [-0.1, -0.05) is 29.8 Å². The maximum Gasteiger partial charge on any atom is 0.189 e. The van der Waals surface area contributed by atoms with Crippen LogP contribution in [0, 0.1) is 0 Å². The van der Waals surface area contributed by atoms with Crippen molar-refractivity contribution in [2.75, 3.05) is 13.7 Å². The lowest BCUT2D eigenvalue weighted by molar-refractivity contribution is 0.111. The highest BCUT2D eigenvalue weighted by molar-refractivity contribution is 6.31. The van der Waals surface area contributed by atoms with Crippen LogP contribution >= 0.6 is 11.6 Å². The summed E-state index contributed by atoms with van der Waals surface area (Å²) in [5, 5.41) is 3.78. The number of guanidine groups is 1. The van der Waals surface area contributed by atoms with E-state index < -0.39 is 0 Å². The second-order valence-electron chi connectivity index (χ2n) is 5.35. The molecule has 0 amide bonds. The second-order valence-corrected chi connectivity index (χ2v) is 5.75. The topological polar surface area (TPSA) is 59.6 Å². The standard InChI is InChI=1S/C14H22ClN3O/c1-14(2,3)18-13(16)17-9-12(19-4)10-7-5-6-8-11(10)15/h5-8,12H,9H2,1-4H3,(H3,16,17,18). The molecule has 1 aromatic carbocycles. The van der Waals surface area contributed by atoms with Crippen LogP contribution in [0.25, 0.3) is 0 Å². The van der Waals surface area contributed by atoms with Crippen molar-refractivity contribution in [2.45, 2.75) is 32.4 Å². The van der Waals surface area contributed by atoms with Crippen LogP contribution < -0.4 is 11.1 Å². The van der Waals surface area contributed by atoms with Crippen LogP contribution in [-0.2, 0) is 4.74 Å². The summed E-state index contributed by atoms with van der Waals surface area (Å²) in [5.41, 5.74) is 6.63. The number of methoxy groups -OCH3 is 1. The van der Waals surface area contributed by atoms with Crippen molar-refractivity contribution in [3.63, 3.8) is 0 Å². The van der Waals surface area contributed by atoms with E-state index in [-0.39, 0.29) is 11.6 Å². The number of nitrogens with zero attached hydrogens (tertiary/aromatic N) is 1. The van der Waals surface area contributed by atoms with Gasteiger partial charge < -0.3 is 15.8 Å². The van der Waals surface area contributed by atoms with Gasteiger partial charge in [0.2, 0.25) is 0 Å². The van der Waals surface area contributed by atoms with E-state index in [9.17, 15) is 0 Å². The molecule has 0 aliphatic heterocycles. The third kappa shape index (κ3) is 5.49. The van der Waals surface area contributed by atoms with E-state index in [1.165, 1.54) is 0 Å². The molecule has 0 bridgehead atoms. The summed E-state index contributed by atoms with van der Waals surface area (Å²) >= 11 is 6.14. The van der Waals surface area contributed by atoms with E-state index in [4.69, 9.17) is 22.1 Å². The highest BCUT2D eigenvalue weighted by atomic mass is 35.5. The minimum absolute atomic E-state index is 0.111. The number of benzene rings is 1. The monoisotopic (exact) mass is 283 g/mol. The van der Waals surface area contributed by atoms with Gasteiger partial charge in [0.1, 0.15) is 6.10 Å². The van der Waals surface area contributed by atoms with Crippen LogP contribution in [0.5, 0.6) is 0 Å². The fraction of sp³-hybridized carbons (Fsp3) is 0.500. The molecule has 0 aliphatic carbocycles. The Kier molecular flexibility index (Phi) is 5.63. The molecule has 0 spiro atoms. The van der Waals surface area contributed by atoms with E-state index in [0.29, 0.717) is 17.5 Å². The number of nitrogens with one attached hydrogen (secondary N) is 1. The third-order valence-corrected chi connectivity index (χ3v) is 2.81. The normalized spacial score (nSPS) is 14.3. The number of halogens is 1. The summed E-state index contributed by atoms with van der Waals surface area (Å²) in [5.74, 6) is 0.404. The van der Waals surface area contributed by atoms with Gasteiger partial charge in [0.25, 0.3) is 0 Å². The van der Waals surface area contributed by atoms with Gasteiger partial charge in [0.15, 0.2) is 5.96 Å². The molecule has 1 rings (SSSR count). The van der Waals surface area contributed by atoms with Crippen molar-refractivity contribution in [1.82, 2.24) is 5.32 Å². The summed E-state index contributed by atoms with van der Waals surface area (Å²) in [6, 6.07) is 7.58. The zero-order valence-electron chi connectivity index (χ0n) is 11.9. The number of aliphatic imine (C=N–C) groups is 1. The summed E-state index contributed by atoms with van der Waals surface area (Å²) in [4.78, 5) is 4.30. The minimum atomic E-state index is -0.200. The van der Waals surface area contributed by atoms with Gasteiger partial charge in [-0.05, 0) is 26.8 Å². The van der Waals surface area contributed by atoms with Gasteiger partial charge in [0, 0.05) is 23.2 Å². The lowest BCUT2D eigenvalue weighted by Gasteiger charge is -2.22. The fourth-order valence-electron chi connectivity index (χ4n) is 1.64. The highest BCUT2D eigenvalue weighted by Crippen LogP contribution is 2.25. The van der Waals surface area contributed by atoms with Crippen LogP contribution in [-0.4, -0.2) is 25.2 Å². The molecule has 1 unspecified atom stereocenters. The predicted molar refractivity (Wildman–Crippen MR) is 80.6 cm³/mol. The van der Waals surface area contributed by atoms with Gasteiger partial charge >= 0.3 is 0 Å². The Morgan fingerprint density at radius 1 is 1.42 bits per heavy atom. The van der Waals surface area contributed by atoms with Crippen LogP contribution in [0.2, 0.25) is 5.02 Å². The average Bonchev–Trinajstić information content (AvgIpc) is 2.29. The van der Waals surface area contributed by atoms with E-state index >= 15 is 0 Å². The molecule has 0 saturated carbocycles. The van der Waals surface area contributed by atoms with Crippen LogP contribution in [0.1, 0.15) is 32.4 Å². The van der Waals surface area contributed by atoms with Crippen LogP contribution in [0.15, 0.2) is 29.3 Å². The number of hydrogen-bond donors (Lipinski definition) is 2.